The van der Waals surface area contributed by atoms with E-state index in [-0.39, 0.29) is 0 Å². The second-order valence-electron chi connectivity index (χ2n) is 18.1. The Morgan fingerprint density at radius 3 is 1.29 bits per heavy atom. The molecule has 0 unspecified atom stereocenters. The van der Waals surface area contributed by atoms with E-state index in [2.05, 4.69) is 263 Å². The number of nitrogens with zero attached hydrogens (tertiary/aromatic N) is 3. The third kappa shape index (κ3) is 6.46. The highest BCUT2D eigenvalue weighted by Gasteiger charge is 2.18. The summed E-state index contributed by atoms with van der Waals surface area (Å²) < 4.78 is 11.2. The molecular weight excluding hydrogens is 851 g/mol. The third-order valence-electron chi connectivity index (χ3n) is 14.2. The Morgan fingerprint density at radius 2 is 0.686 bits per heavy atom. The van der Waals surface area contributed by atoms with Crippen LogP contribution in [0, 0.1) is 0 Å². The van der Waals surface area contributed by atoms with Gasteiger partial charge in [0.1, 0.15) is 11.2 Å². The molecule has 0 fully saturated rings. The molecule has 0 spiro atoms. The molecule has 0 saturated carbocycles. The van der Waals surface area contributed by atoms with Gasteiger partial charge in [0.25, 0.3) is 0 Å². The van der Waals surface area contributed by atoms with Gasteiger partial charge in [0, 0.05) is 66.3 Å². The molecule has 0 N–H and O–H groups in total. The molecule has 3 aromatic heterocycles. The van der Waals surface area contributed by atoms with Gasteiger partial charge in [-0.2, -0.15) is 0 Å². The SMILES string of the molecule is c1ccc(-n2c3ccccc3c3ccc(-c4ccc(-c5ccc(N(c6ccc(-c7cccc8c7oc7ccccc78)cc6)c6ccc(-n7c8ccccc8c8ccccc87)cc6)cc5)cc4)cc32)cc1. The zero-order valence-electron chi connectivity index (χ0n) is 38.1. The summed E-state index contributed by atoms with van der Waals surface area (Å²) in [6.07, 6.45) is 0. The lowest BCUT2D eigenvalue weighted by molar-refractivity contribution is 0.670. The second kappa shape index (κ2) is 16.2. The average molecular weight is 894 g/mol. The van der Waals surface area contributed by atoms with E-state index < -0.39 is 0 Å². The van der Waals surface area contributed by atoms with E-state index in [1.54, 1.807) is 0 Å². The van der Waals surface area contributed by atoms with Crippen LogP contribution < -0.4 is 4.90 Å². The maximum absolute atomic E-state index is 6.46. The van der Waals surface area contributed by atoms with Gasteiger partial charge in [-0.05, 0) is 119 Å². The standard InChI is InChI=1S/C66H43N3O/c1-2-13-49(14-3-1)69-63-23-10-6-17-57(63)58-42-33-48(43-64(58)69)46-27-25-44(26-28-46)45-29-34-50(35-30-45)67(51-36-31-47(32-37-51)54-19-12-20-60-59-18-7-11-24-65(59)70-66(54)60)52-38-40-53(41-39-52)68-61-21-8-4-15-55(61)56-16-5-9-22-62(56)68/h1-43H. The summed E-state index contributed by atoms with van der Waals surface area (Å²) in [6.45, 7) is 0. The van der Waals surface area contributed by atoms with Crippen molar-refractivity contribution in [3.05, 3.63) is 261 Å². The molecule has 0 atom stereocenters. The first kappa shape index (κ1) is 39.8. The van der Waals surface area contributed by atoms with E-state index in [9.17, 15) is 0 Å². The van der Waals surface area contributed by atoms with Crippen LogP contribution in [0.15, 0.2) is 265 Å². The van der Waals surface area contributed by atoms with E-state index >= 15 is 0 Å². The van der Waals surface area contributed by atoms with Gasteiger partial charge in [-0.1, -0.05) is 170 Å². The van der Waals surface area contributed by atoms with Gasteiger partial charge in [0.15, 0.2) is 0 Å². The molecule has 70 heavy (non-hydrogen) atoms. The van der Waals surface area contributed by atoms with E-state index in [4.69, 9.17) is 4.42 Å². The van der Waals surface area contributed by atoms with Crippen molar-refractivity contribution in [1.82, 2.24) is 9.13 Å². The predicted octanol–water partition coefficient (Wildman–Crippen LogP) is 18.3. The van der Waals surface area contributed by atoms with Gasteiger partial charge in [-0.25, -0.2) is 0 Å². The lowest BCUT2D eigenvalue weighted by Gasteiger charge is -2.26. The smallest absolute Gasteiger partial charge is 0.143 e. The predicted molar refractivity (Wildman–Crippen MR) is 293 cm³/mol. The summed E-state index contributed by atoms with van der Waals surface area (Å²) in [4.78, 5) is 2.35. The van der Waals surface area contributed by atoms with Gasteiger partial charge >= 0.3 is 0 Å². The molecule has 0 saturated heterocycles. The fourth-order valence-electron chi connectivity index (χ4n) is 10.8. The number of furan rings is 1. The fraction of sp³-hybridized carbons (Fsp3) is 0. The highest BCUT2D eigenvalue weighted by atomic mass is 16.3. The van der Waals surface area contributed by atoms with Crippen LogP contribution in [0.5, 0.6) is 0 Å². The van der Waals surface area contributed by atoms with Crippen molar-refractivity contribution in [2.75, 3.05) is 4.90 Å². The Balaban J connectivity index is 0.819. The van der Waals surface area contributed by atoms with Crippen LogP contribution in [-0.4, -0.2) is 9.13 Å². The zero-order chi connectivity index (χ0) is 46.1. The molecule has 3 heterocycles. The van der Waals surface area contributed by atoms with Gasteiger partial charge in [-0.3, -0.25) is 0 Å². The highest BCUT2D eigenvalue weighted by Crippen LogP contribution is 2.41. The summed E-state index contributed by atoms with van der Waals surface area (Å²) >= 11 is 0. The summed E-state index contributed by atoms with van der Waals surface area (Å²) in [5, 5.41) is 7.27. The zero-order valence-corrected chi connectivity index (χ0v) is 38.1. The Bertz CT molecular complexity index is 4200. The number of hydrogen-bond donors (Lipinski definition) is 0. The first-order valence-electron chi connectivity index (χ1n) is 23.9. The maximum atomic E-state index is 6.46. The maximum Gasteiger partial charge on any atom is 0.143 e. The topological polar surface area (TPSA) is 26.2 Å². The van der Waals surface area contributed by atoms with Crippen LogP contribution in [0.4, 0.5) is 17.1 Å². The van der Waals surface area contributed by atoms with Crippen molar-refractivity contribution in [2.24, 2.45) is 0 Å². The van der Waals surface area contributed by atoms with Crippen molar-refractivity contribution in [3.8, 4) is 44.8 Å². The molecule has 0 aliphatic carbocycles. The fourth-order valence-corrected chi connectivity index (χ4v) is 10.8. The minimum atomic E-state index is 0.901. The van der Waals surface area contributed by atoms with Crippen molar-refractivity contribution >= 4 is 82.6 Å². The van der Waals surface area contributed by atoms with Crippen LogP contribution in [0.3, 0.4) is 0 Å². The largest absolute Gasteiger partial charge is 0.455 e. The van der Waals surface area contributed by atoms with Crippen LogP contribution in [0.1, 0.15) is 0 Å². The Kier molecular flexibility index (Phi) is 9.17. The lowest BCUT2D eigenvalue weighted by atomic mass is 9.99. The molecule has 11 aromatic carbocycles. The first-order chi connectivity index (χ1) is 34.7. The molecule has 328 valence electrons. The monoisotopic (exact) mass is 893 g/mol. The van der Waals surface area contributed by atoms with Crippen LogP contribution in [-0.2, 0) is 0 Å². The summed E-state index contributed by atoms with van der Waals surface area (Å²) in [7, 11) is 0. The molecule has 0 aliphatic heterocycles. The van der Waals surface area contributed by atoms with E-state index in [0.717, 1.165) is 67.1 Å². The molecular formula is C66H43N3O. The molecule has 4 nitrogen and oxygen atoms in total. The van der Waals surface area contributed by atoms with Crippen molar-refractivity contribution in [3.63, 3.8) is 0 Å². The van der Waals surface area contributed by atoms with Gasteiger partial charge < -0.3 is 18.5 Å². The number of para-hydroxylation sites is 6. The van der Waals surface area contributed by atoms with E-state index in [1.807, 2.05) is 12.1 Å². The lowest BCUT2D eigenvalue weighted by Crippen LogP contribution is -2.10. The molecule has 14 rings (SSSR count). The minimum absolute atomic E-state index is 0.901. The normalized spacial score (nSPS) is 11.7. The highest BCUT2D eigenvalue weighted by molar-refractivity contribution is 6.12. The number of fused-ring (bicyclic) bond motifs is 9. The van der Waals surface area contributed by atoms with Crippen LogP contribution in [0.2, 0.25) is 0 Å². The number of benzene rings is 11. The van der Waals surface area contributed by atoms with Gasteiger partial charge in [0.2, 0.25) is 0 Å². The number of hydrogen-bond acceptors (Lipinski definition) is 2. The third-order valence-corrected chi connectivity index (χ3v) is 14.2. The summed E-state index contributed by atoms with van der Waals surface area (Å²) in [6, 6.07) is 94.0. The summed E-state index contributed by atoms with van der Waals surface area (Å²) in [5.41, 5.74) is 19.0. The van der Waals surface area contributed by atoms with Crippen LogP contribution >= 0.6 is 0 Å². The van der Waals surface area contributed by atoms with Crippen LogP contribution in [0.25, 0.3) is 110 Å². The minimum Gasteiger partial charge on any atom is -0.455 e. The van der Waals surface area contributed by atoms with E-state index in [1.165, 1.54) is 60.3 Å². The Morgan fingerprint density at radius 1 is 0.271 bits per heavy atom. The van der Waals surface area contributed by atoms with Gasteiger partial charge in [0.05, 0.1) is 22.1 Å². The van der Waals surface area contributed by atoms with Crippen molar-refractivity contribution < 1.29 is 4.42 Å². The number of aromatic nitrogens is 2. The number of rotatable bonds is 8. The molecule has 0 radical (unpaired) electrons. The van der Waals surface area contributed by atoms with Gasteiger partial charge in [-0.15, -0.1) is 0 Å². The molecule has 0 amide bonds. The molecule has 4 heteroatoms. The molecule has 0 bridgehead atoms. The number of anilines is 3. The second-order valence-corrected chi connectivity index (χ2v) is 18.1. The quantitative estimate of drug-likeness (QED) is 0.152. The Labute approximate surface area is 404 Å². The van der Waals surface area contributed by atoms with E-state index in [0.29, 0.717) is 0 Å². The first-order valence-corrected chi connectivity index (χ1v) is 23.9. The van der Waals surface area contributed by atoms with Crippen molar-refractivity contribution in [2.45, 2.75) is 0 Å². The Hall–Kier alpha value is -9.38. The molecule has 0 aliphatic rings. The average Bonchev–Trinajstić information content (AvgIpc) is 4.10. The molecule has 14 aromatic rings. The van der Waals surface area contributed by atoms with Crippen molar-refractivity contribution in [1.29, 1.82) is 0 Å². The summed E-state index contributed by atoms with van der Waals surface area (Å²) in [5.74, 6) is 0.